The van der Waals surface area contributed by atoms with Gasteiger partial charge >= 0.3 is 0 Å². The molecule has 0 saturated carbocycles. The zero-order valence-electron chi connectivity index (χ0n) is 9.50. The molecule has 1 atom stereocenters. The number of aliphatic hydroxyl groups excluding tert-OH is 1. The predicted octanol–water partition coefficient (Wildman–Crippen LogP) is 0.855. The monoisotopic (exact) mass is 200 g/mol. The minimum Gasteiger partial charge on any atom is -0.395 e. The Balaban J connectivity index is 3.75. The van der Waals surface area contributed by atoms with Crippen LogP contribution in [0.4, 0.5) is 0 Å². The summed E-state index contributed by atoms with van der Waals surface area (Å²) in [5.74, 6) is 0. The zero-order chi connectivity index (χ0) is 10.8. The number of hydrogen-bond donors (Lipinski definition) is 2. The minimum atomic E-state index is 0.222. The van der Waals surface area contributed by atoms with E-state index in [-0.39, 0.29) is 6.61 Å². The van der Waals surface area contributed by atoms with Crippen LogP contribution >= 0.6 is 0 Å². The predicted molar refractivity (Wildman–Crippen MR) is 61.5 cm³/mol. The first-order valence-electron chi connectivity index (χ1n) is 5.42. The Kier molecular flexibility index (Phi) is 8.94. The van der Waals surface area contributed by atoms with Gasteiger partial charge in [0.25, 0.3) is 0 Å². The Labute approximate surface area is 87.8 Å². The molecule has 0 rings (SSSR count). The molecule has 0 aromatic rings. The van der Waals surface area contributed by atoms with Gasteiger partial charge in [0.15, 0.2) is 0 Å². The summed E-state index contributed by atoms with van der Waals surface area (Å²) >= 11 is 0. The summed E-state index contributed by atoms with van der Waals surface area (Å²) in [5.41, 5.74) is 0. The molecule has 0 radical (unpaired) electrons. The average molecular weight is 200 g/mol. The lowest BCUT2D eigenvalue weighted by molar-refractivity contribution is 0.166. The molecule has 1 unspecified atom stereocenters. The summed E-state index contributed by atoms with van der Waals surface area (Å²) in [4.78, 5) is 2.24. The molecule has 0 bridgehead atoms. The van der Waals surface area contributed by atoms with Crippen LogP contribution in [0.3, 0.4) is 0 Å². The maximum Gasteiger partial charge on any atom is 0.0558 e. The normalized spacial score (nSPS) is 13.1. The first-order chi connectivity index (χ1) is 6.76. The fourth-order valence-electron chi connectivity index (χ4n) is 1.46. The molecule has 3 heteroatoms. The van der Waals surface area contributed by atoms with Crippen molar-refractivity contribution in [2.45, 2.75) is 26.3 Å². The maximum atomic E-state index is 8.89. The van der Waals surface area contributed by atoms with E-state index in [0.717, 1.165) is 32.6 Å². The fourth-order valence-corrected chi connectivity index (χ4v) is 1.46. The van der Waals surface area contributed by atoms with E-state index in [1.165, 1.54) is 0 Å². The molecule has 84 valence electrons. The van der Waals surface area contributed by atoms with E-state index < -0.39 is 0 Å². The highest BCUT2D eigenvalue weighted by Crippen LogP contribution is 2.02. The molecule has 3 nitrogen and oxygen atoms in total. The Morgan fingerprint density at radius 3 is 2.79 bits per heavy atom. The van der Waals surface area contributed by atoms with E-state index in [1.54, 1.807) is 0 Å². The molecular formula is C11H24N2O. The molecular weight excluding hydrogens is 176 g/mol. The van der Waals surface area contributed by atoms with Crippen LogP contribution in [-0.2, 0) is 0 Å². The van der Waals surface area contributed by atoms with E-state index in [4.69, 9.17) is 5.11 Å². The van der Waals surface area contributed by atoms with Crippen LogP contribution in [0.5, 0.6) is 0 Å². The lowest BCUT2D eigenvalue weighted by Crippen LogP contribution is -2.37. The average Bonchev–Trinajstić information content (AvgIpc) is 2.18. The summed E-state index contributed by atoms with van der Waals surface area (Å²) in [5, 5.41) is 12.2. The zero-order valence-corrected chi connectivity index (χ0v) is 9.50. The topological polar surface area (TPSA) is 35.5 Å². The number of hydrogen-bond acceptors (Lipinski definition) is 3. The van der Waals surface area contributed by atoms with Gasteiger partial charge in [0.05, 0.1) is 6.61 Å². The van der Waals surface area contributed by atoms with Crippen LogP contribution in [0.1, 0.15) is 20.3 Å². The molecule has 0 amide bonds. The second-order valence-corrected chi connectivity index (χ2v) is 3.50. The molecule has 0 aliphatic carbocycles. The first kappa shape index (κ1) is 13.6. The fraction of sp³-hybridized carbons (Fsp3) is 0.818. The third-order valence-electron chi connectivity index (χ3n) is 2.36. The standard InChI is InChI=1S/C11H24N2O/c1-4-8-13(9-10-14)11(3)6-7-12-5-2/h4,11-12,14H,1,5-10H2,2-3H3. The highest BCUT2D eigenvalue weighted by atomic mass is 16.3. The van der Waals surface area contributed by atoms with Crippen molar-refractivity contribution in [3.05, 3.63) is 12.7 Å². The summed E-state index contributed by atoms with van der Waals surface area (Å²) in [6.45, 7) is 11.9. The minimum absolute atomic E-state index is 0.222. The van der Waals surface area contributed by atoms with Crippen molar-refractivity contribution in [2.24, 2.45) is 0 Å². The summed E-state index contributed by atoms with van der Waals surface area (Å²) in [6, 6.07) is 0.499. The lowest BCUT2D eigenvalue weighted by atomic mass is 10.2. The van der Waals surface area contributed by atoms with Crippen LogP contribution in [-0.4, -0.2) is 48.8 Å². The van der Waals surface area contributed by atoms with E-state index in [2.05, 4.69) is 30.6 Å². The van der Waals surface area contributed by atoms with Gasteiger partial charge in [-0.05, 0) is 26.4 Å². The van der Waals surface area contributed by atoms with Gasteiger partial charge in [-0.2, -0.15) is 0 Å². The number of nitrogens with zero attached hydrogens (tertiary/aromatic N) is 1. The van der Waals surface area contributed by atoms with Crippen molar-refractivity contribution in [3.63, 3.8) is 0 Å². The van der Waals surface area contributed by atoms with Gasteiger partial charge in [-0.3, -0.25) is 4.90 Å². The largest absolute Gasteiger partial charge is 0.395 e. The van der Waals surface area contributed by atoms with Crippen LogP contribution < -0.4 is 5.32 Å². The van der Waals surface area contributed by atoms with Crippen LogP contribution in [0.15, 0.2) is 12.7 Å². The smallest absolute Gasteiger partial charge is 0.0558 e. The van der Waals surface area contributed by atoms with Crippen molar-refractivity contribution in [1.82, 2.24) is 10.2 Å². The molecule has 14 heavy (non-hydrogen) atoms. The van der Waals surface area contributed by atoms with E-state index >= 15 is 0 Å². The highest BCUT2D eigenvalue weighted by Gasteiger charge is 2.10. The molecule has 0 spiro atoms. The van der Waals surface area contributed by atoms with Crippen LogP contribution in [0.2, 0.25) is 0 Å². The van der Waals surface area contributed by atoms with Crippen molar-refractivity contribution >= 4 is 0 Å². The maximum absolute atomic E-state index is 8.89. The molecule has 0 fully saturated rings. The molecule has 0 heterocycles. The van der Waals surface area contributed by atoms with E-state index in [0.29, 0.717) is 6.04 Å². The van der Waals surface area contributed by atoms with Crippen molar-refractivity contribution in [1.29, 1.82) is 0 Å². The van der Waals surface area contributed by atoms with Crippen molar-refractivity contribution in [2.75, 3.05) is 32.8 Å². The Bertz CT molecular complexity index is 139. The second-order valence-electron chi connectivity index (χ2n) is 3.50. The highest BCUT2D eigenvalue weighted by molar-refractivity contribution is 4.77. The molecule has 2 N–H and O–H groups in total. The lowest BCUT2D eigenvalue weighted by Gasteiger charge is -2.27. The Hall–Kier alpha value is -0.380. The molecule has 0 aliphatic rings. The third kappa shape index (κ3) is 6.13. The molecule has 0 aromatic heterocycles. The SMILES string of the molecule is C=CCN(CCO)C(C)CCNCC. The molecule has 0 aromatic carbocycles. The summed E-state index contributed by atoms with van der Waals surface area (Å²) in [6.07, 6.45) is 3.00. The van der Waals surface area contributed by atoms with E-state index in [9.17, 15) is 0 Å². The van der Waals surface area contributed by atoms with Crippen LogP contribution in [0, 0.1) is 0 Å². The van der Waals surface area contributed by atoms with Gasteiger partial charge in [-0.15, -0.1) is 6.58 Å². The van der Waals surface area contributed by atoms with Crippen molar-refractivity contribution < 1.29 is 5.11 Å². The Morgan fingerprint density at radius 2 is 2.29 bits per heavy atom. The van der Waals surface area contributed by atoms with Crippen LogP contribution in [0.25, 0.3) is 0 Å². The number of aliphatic hydroxyl groups is 1. The van der Waals surface area contributed by atoms with Gasteiger partial charge in [0, 0.05) is 19.1 Å². The van der Waals surface area contributed by atoms with Crippen molar-refractivity contribution in [3.8, 4) is 0 Å². The van der Waals surface area contributed by atoms with Gasteiger partial charge in [0.2, 0.25) is 0 Å². The quantitative estimate of drug-likeness (QED) is 0.428. The summed E-state index contributed by atoms with van der Waals surface area (Å²) in [7, 11) is 0. The summed E-state index contributed by atoms with van der Waals surface area (Å²) < 4.78 is 0. The van der Waals surface area contributed by atoms with Gasteiger partial charge in [-0.1, -0.05) is 13.0 Å². The van der Waals surface area contributed by atoms with Gasteiger partial charge < -0.3 is 10.4 Å². The number of rotatable bonds is 9. The Morgan fingerprint density at radius 1 is 1.57 bits per heavy atom. The first-order valence-corrected chi connectivity index (χ1v) is 5.42. The number of nitrogens with one attached hydrogen (secondary N) is 1. The third-order valence-corrected chi connectivity index (χ3v) is 2.36. The second kappa shape index (κ2) is 9.19. The van der Waals surface area contributed by atoms with Gasteiger partial charge in [-0.25, -0.2) is 0 Å². The molecule has 0 saturated heterocycles. The van der Waals surface area contributed by atoms with E-state index in [1.807, 2.05) is 6.08 Å². The molecule has 0 aliphatic heterocycles. The van der Waals surface area contributed by atoms with Gasteiger partial charge in [0.1, 0.15) is 0 Å².